The maximum Gasteiger partial charge on any atom is 0.252 e. The summed E-state index contributed by atoms with van der Waals surface area (Å²) in [5.74, 6) is -4.67. The van der Waals surface area contributed by atoms with E-state index in [9.17, 15) is 27.2 Å². The number of pyridine rings is 2. The maximum absolute atomic E-state index is 13.8. The van der Waals surface area contributed by atoms with Crippen LogP contribution in [-0.4, -0.2) is 15.9 Å². The smallest absolute Gasteiger partial charge is 0.252 e. The first-order valence-corrected chi connectivity index (χ1v) is 7.41. The highest BCUT2D eigenvalue weighted by Crippen LogP contribution is 2.18. The normalized spacial score (nSPS) is 10.9. The summed E-state index contributed by atoms with van der Waals surface area (Å²) >= 11 is 0. The average Bonchev–Trinajstić information content (AvgIpc) is 2.59. The van der Waals surface area contributed by atoms with Crippen molar-refractivity contribution in [3.63, 3.8) is 0 Å². The molecule has 0 aliphatic carbocycles. The number of fused-ring (bicyclic) bond motifs is 1. The molecule has 2 aromatic heterocycles. The van der Waals surface area contributed by atoms with E-state index >= 15 is 0 Å². The van der Waals surface area contributed by atoms with Gasteiger partial charge in [-0.15, -0.1) is 0 Å². The lowest BCUT2D eigenvalue weighted by Crippen LogP contribution is -2.28. The zero-order chi connectivity index (χ0) is 18.8. The van der Waals surface area contributed by atoms with Crippen LogP contribution in [-0.2, 0) is 17.8 Å². The van der Waals surface area contributed by atoms with E-state index in [1.807, 2.05) is 0 Å². The first kappa shape index (κ1) is 17.6. The molecule has 0 saturated carbocycles. The number of nitrogens with one attached hydrogen (secondary N) is 2. The van der Waals surface area contributed by atoms with Crippen LogP contribution in [0.5, 0.6) is 0 Å². The van der Waals surface area contributed by atoms with Crippen molar-refractivity contribution >= 4 is 16.8 Å². The van der Waals surface area contributed by atoms with Crippen molar-refractivity contribution in [2.75, 3.05) is 0 Å². The number of hydrogen-bond acceptors (Lipinski definition) is 3. The number of hydrogen-bond donors (Lipinski definition) is 2. The number of carbonyl (C=O) groups excluding carboxylic acids is 1. The van der Waals surface area contributed by atoms with E-state index < -0.39 is 41.2 Å². The van der Waals surface area contributed by atoms with Gasteiger partial charge in [-0.1, -0.05) is 0 Å². The molecule has 0 aliphatic rings. The first-order chi connectivity index (χ1) is 12.3. The Hall–Kier alpha value is -3.23. The molecule has 0 aliphatic heterocycles. The molecular weight excluding hydrogens is 354 g/mol. The van der Waals surface area contributed by atoms with Gasteiger partial charge in [0.2, 0.25) is 5.91 Å². The number of carbonyl (C=O) groups is 1. The lowest BCUT2D eigenvalue weighted by Gasteiger charge is -2.07. The summed E-state index contributed by atoms with van der Waals surface area (Å²) in [7, 11) is 0. The van der Waals surface area contributed by atoms with Crippen LogP contribution in [0.4, 0.5) is 17.6 Å². The monoisotopic (exact) mass is 365 g/mol. The third kappa shape index (κ3) is 3.56. The predicted molar refractivity (Wildman–Crippen MR) is 84.2 cm³/mol. The minimum atomic E-state index is -1.14. The number of H-pyrrole nitrogens is 1. The number of halogens is 4. The van der Waals surface area contributed by atoms with Crippen molar-refractivity contribution in [1.29, 1.82) is 0 Å². The van der Waals surface area contributed by atoms with Crippen LogP contribution in [0.3, 0.4) is 0 Å². The SMILES string of the molecule is O=C(Cc1cc2c(F)c(F)ccc2[nH]c1=O)NCc1ncc(F)cc1F. The van der Waals surface area contributed by atoms with Crippen LogP contribution in [0.15, 0.2) is 35.3 Å². The summed E-state index contributed by atoms with van der Waals surface area (Å²) in [6, 6.07) is 3.80. The van der Waals surface area contributed by atoms with E-state index in [0.717, 1.165) is 18.3 Å². The number of nitrogens with zero attached hydrogens (tertiary/aromatic N) is 1. The van der Waals surface area contributed by atoms with Crippen molar-refractivity contribution < 1.29 is 22.4 Å². The van der Waals surface area contributed by atoms with Crippen LogP contribution in [0.1, 0.15) is 11.3 Å². The van der Waals surface area contributed by atoms with Crippen molar-refractivity contribution in [3.05, 3.63) is 75.3 Å². The van der Waals surface area contributed by atoms with Gasteiger partial charge in [0.05, 0.1) is 30.4 Å². The Morgan fingerprint density at radius 2 is 1.88 bits per heavy atom. The van der Waals surface area contributed by atoms with Crippen LogP contribution >= 0.6 is 0 Å². The molecule has 0 spiro atoms. The molecule has 3 rings (SSSR count). The van der Waals surface area contributed by atoms with Crippen LogP contribution in [0.25, 0.3) is 10.9 Å². The fourth-order valence-electron chi connectivity index (χ4n) is 2.38. The topological polar surface area (TPSA) is 74.8 Å². The summed E-state index contributed by atoms with van der Waals surface area (Å²) in [5, 5.41) is 2.16. The summed E-state index contributed by atoms with van der Waals surface area (Å²) in [4.78, 5) is 29.8. The van der Waals surface area contributed by atoms with E-state index in [-0.39, 0.29) is 28.7 Å². The molecule has 2 N–H and O–H groups in total. The minimum absolute atomic E-state index is 0.0907. The van der Waals surface area contributed by atoms with Gasteiger partial charge >= 0.3 is 0 Å². The molecule has 1 aromatic carbocycles. The van der Waals surface area contributed by atoms with Gasteiger partial charge in [-0.05, 0) is 18.2 Å². The summed E-state index contributed by atoms with van der Waals surface area (Å²) < 4.78 is 53.4. The predicted octanol–water partition coefficient (Wildman–Crippen LogP) is 2.34. The molecule has 3 aromatic rings. The minimum Gasteiger partial charge on any atom is -0.350 e. The van der Waals surface area contributed by atoms with Gasteiger partial charge in [0.15, 0.2) is 11.6 Å². The van der Waals surface area contributed by atoms with Gasteiger partial charge in [0, 0.05) is 17.0 Å². The quantitative estimate of drug-likeness (QED) is 0.697. The second kappa shape index (κ2) is 6.95. The number of aromatic amines is 1. The van der Waals surface area contributed by atoms with Crippen molar-refractivity contribution in [1.82, 2.24) is 15.3 Å². The zero-order valence-corrected chi connectivity index (χ0v) is 13.1. The van der Waals surface area contributed by atoms with Gasteiger partial charge in [-0.2, -0.15) is 0 Å². The standard InChI is InChI=1S/C17H11F4N3O2/c18-9-5-12(20)14(22-6-9)7-23-15(25)4-8-3-10-13(24-17(8)26)2-1-11(19)16(10)21/h1-3,5-6H,4,7H2,(H,23,25)(H,24,26). The van der Waals surface area contributed by atoms with Gasteiger partial charge in [0.25, 0.3) is 5.56 Å². The summed E-state index contributed by atoms with van der Waals surface area (Å²) in [6.07, 6.45) is 0.361. The molecule has 0 unspecified atom stereocenters. The van der Waals surface area contributed by atoms with Crippen LogP contribution < -0.4 is 10.9 Å². The second-order valence-electron chi connectivity index (χ2n) is 5.48. The molecule has 0 fully saturated rings. The molecule has 134 valence electrons. The average molecular weight is 365 g/mol. The molecule has 0 saturated heterocycles. The fourth-order valence-corrected chi connectivity index (χ4v) is 2.38. The second-order valence-corrected chi connectivity index (χ2v) is 5.48. The van der Waals surface area contributed by atoms with Gasteiger partial charge in [-0.3, -0.25) is 14.6 Å². The molecule has 0 atom stereocenters. The van der Waals surface area contributed by atoms with E-state index in [4.69, 9.17) is 0 Å². The molecule has 9 heteroatoms. The number of benzene rings is 1. The lowest BCUT2D eigenvalue weighted by molar-refractivity contribution is -0.120. The lowest BCUT2D eigenvalue weighted by atomic mass is 10.1. The Balaban J connectivity index is 1.77. The fraction of sp³-hybridized carbons (Fsp3) is 0.118. The van der Waals surface area contributed by atoms with Crippen LogP contribution in [0.2, 0.25) is 0 Å². The highest BCUT2D eigenvalue weighted by molar-refractivity contribution is 5.83. The van der Waals surface area contributed by atoms with Crippen molar-refractivity contribution in [2.24, 2.45) is 0 Å². The van der Waals surface area contributed by atoms with E-state index in [2.05, 4.69) is 15.3 Å². The van der Waals surface area contributed by atoms with Gasteiger partial charge in [-0.25, -0.2) is 17.6 Å². The Labute approximate surface area is 143 Å². The largest absolute Gasteiger partial charge is 0.350 e. The van der Waals surface area contributed by atoms with Gasteiger partial charge in [0.1, 0.15) is 11.6 Å². The Bertz CT molecular complexity index is 1070. The van der Waals surface area contributed by atoms with Crippen LogP contribution in [0, 0.1) is 23.3 Å². The molecule has 26 heavy (non-hydrogen) atoms. The van der Waals surface area contributed by atoms with Crippen molar-refractivity contribution in [2.45, 2.75) is 13.0 Å². The Kier molecular flexibility index (Phi) is 4.70. The number of aromatic nitrogens is 2. The number of amides is 1. The molecule has 0 bridgehead atoms. The molecular formula is C17H11F4N3O2. The van der Waals surface area contributed by atoms with Gasteiger partial charge < -0.3 is 10.3 Å². The third-order valence-electron chi connectivity index (χ3n) is 3.68. The first-order valence-electron chi connectivity index (χ1n) is 7.41. The third-order valence-corrected chi connectivity index (χ3v) is 3.68. The highest BCUT2D eigenvalue weighted by atomic mass is 19.2. The number of rotatable bonds is 4. The zero-order valence-electron chi connectivity index (χ0n) is 13.1. The van der Waals surface area contributed by atoms with E-state index in [1.165, 1.54) is 6.07 Å². The van der Waals surface area contributed by atoms with Crippen molar-refractivity contribution in [3.8, 4) is 0 Å². The van der Waals surface area contributed by atoms with E-state index in [0.29, 0.717) is 6.07 Å². The molecule has 5 nitrogen and oxygen atoms in total. The maximum atomic E-state index is 13.8. The Morgan fingerprint density at radius 1 is 1.12 bits per heavy atom. The summed E-state index contributed by atoms with van der Waals surface area (Å²) in [5.41, 5.74) is -0.812. The summed E-state index contributed by atoms with van der Waals surface area (Å²) in [6.45, 7) is -0.320. The highest BCUT2D eigenvalue weighted by Gasteiger charge is 2.14. The molecule has 0 radical (unpaired) electrons. The molecule has 2 heterocycles. The van der Waals surface area contributed by atoms with E-state index in [1.54, 1.807) is 0 Å². The molecule has 1 amide bonds. The Morgan fingerprint density at radius 3 is 2.62 bits per heavy atom.